The zero-order chi connectivity index (χ0) is 13.0. The minimum absolute atomic E-state index is 0.304. The molecular weight excluding hydrogens is 238 g/mol. The van der Waals surface area contributed by atoms with Gasteiger partial charge in [0.05, 0.1) is 5.60 Å². The first-order valence-corrected chi connectivity index (χ1v) is 8.01. The van der Waals surface area contributed by atoms with Gasteiger partial charge in [0.2, 0.25) is 0 Å². The van der Waals surface area contributed by atoms with Crippen LogP contribution in [-0.4, -0.2) is 84.3 Å². The molecule has 19 heavy (non-hydrogen) atoms. The molecule has 2 atom stereocenters. The Morgan fingerprint density at radius 3 is 2.47 bits per heavy atom. The third-order valence-electron chi connectivity index (χ3n) is 5.97. The number of likely N-dealkylation sites (N-methyl/N-ethyl adjacent to an activating group) is 1. The molecular formula is C15H27N3O. The topological polar surface area (TPSA) is 30.0 Å². The summed E-state index contributed by atoms with van der Waals surface area (Å²) in [5.41, 5.74) is -0.304. The van der Waals surface area contributed by atoms with E-state index < -0.39 is 0 Å². The van der Waals surface area contributed by atoms with E-state index in [0.29, 0.717) is 5.92 Å². The average molecular weight is 265 g/mol. The van der Waals surface area contributed by atoms with Crippen molar-refractivity contribution < 1.29 is 5.11 Å². The van der Waals surface area contributed by atoms with Crippen molar-refractivity contribution in [3.63, 3.8) is 0 Å². The largest absolute Gasteiger partial charge is 0.387 e. The van der Waals surface area contributed by atoms with Gasteiger partial charge in [-0.1, -0.05) is 0 Å². The van der Waals surface area contributed by atoms with E-state index >= 15 is 0 Å². The SMILES string of the molecule is CN1CCC2CN(CCN3CC(O)(C4CC4)C3)CC21. The first-order chi connectivity index (χ1) is 9.14. The van der Waals surface area contributed by atoms with Crippen LogP contribution in [0.5, 0.6) is 0 Å². The highest BCUT2D eigenvalue weighted by Gasteiger charge is 2.51. The van der Waals surface area contributed by atoms with Crippen LogP contribution < -0.4 is 0 Å². The Morgan fingerprint density at radius 1 is 1.05 bits per heavy atom. The maximum atomic E-state index is 10.3. The van der Waals surface area contributed by atoms with Crippen LogP contribution in [0.2, 0.25) is 0 Å². The summed E-state index contributed by atoms with van der Waals surface area (Å²) in [6.07, 6.45) is 3.90. The van der Waals surface area contributed by atoms with Crippen LogP contribution in [0.4, 0.5) is 0 Å². The Morgan fingerprint density at radius 2 is 1.79 bits per heavy atom. The Kier molecular flexibility index (Phi) is 2.92. The van der Waals surface area contributed by atoms with E-state index in [1.807, 2.05) is 0 Å². The number of nitrogens with zero attached hydrogens (tertiary/aromatic N) is 3. The van der Waals surface area contributed by atoms with E-state index in [1.54, 1.807) is 0 Å². The molecule has 1 N–H and O–H groups in total. The fourth-order valence-corrected chi connectivity index (χ4v) is 4.49. The van der Waals surface area contributed by atoms with E-state index in [-0.39, 0.29) is 5.60 Å². The maximum Gasteiger partial charge on any atom is 0.0928 e. The van der Waals surface area contributed by atoms with Gasteiger partial charge in [0.15, 0.2) is 0 Å². The standard InChI is InChI=1S/C15H27N3O/c1-16-5-4-12-8-17(9-14(12)16)6-7-18-10-15(19,11-18)13-2-3-13/h12-14,19H,2-11H2,1H3. The minimum atomic E-state index is -0.304. The first-order valence-electron chi connectivity index (χ1n) is 8.01. The number of hydrogen-bond acceptors (Lipinski definition) is 4. The number of β-amino-alcohol motifs (C(OH)–C–C–N with tert-alkyl or cyclic N) is 1. The monoisotopic (exact) mass is 265 g/mol. The summed E-state index contributed by atoms with van der Waals surface area (Å²) in [6.45, 7) is 8.07. The molecule has 1 aliphatic carbocycles. The molecule has 4 rings (SSSR count). The summed E-state index contributed by atoms with van der Waals surface area (Å²) >= 11 is 0. The summed E-state index contributed by atoms with van der Waals surface area (Å²) in [5, 5.41) is 10.3. The molecule has 4 heteroatoms. The number of hydrogen-bond donors (Lipinski definition) is 1. The molecule has 2 unspecified atom stereocenters. The smallest absolute Gasteiger partial charge is 0.0928 e. The summed E-state index contributed by atoms with van der Waals surface area (Å²) in [7, 11) is 2.28. The van der Waals surface area contributed by atoms with E-state index in [1.165, 1.54) is 45.4 Å². The van der Waals surface area contributed by atoms with Crippen molar-refractivity contribution in [3.8, 4) is 0 Å². The van der Waals surface area contributed by atoms with E-state index in [0.717, 1.165) is 31.6 Å². The summed E-state index contributed by atoms with van der Waals surface area (Å²) in [5.74, 6) is 1.55. The lowest BCUT2D eigenvalue weighted by molar-refractivity contribution is -0.114. The Hall–Kier alpha value is -0.160. The highest BCUT2D eigenvalue weighted by atomic mass is 16.3. The van der Waals surface area contributed by atoms with Crippen molar-refractivity contribution in [2.75, 3.05) is 52.9 Å². The molecule has 108 valence electrons. The normalized spacial score (nSPS) is 39.5. The van der Waals surface area contributed by atoms with Crippen molar-refractivity contribution in [1.82, 2.24) is 14.7 Å². The molecule has 0 aromatic carbocycles. The van der Waals surface area contributed by atoms with Gasteiger partial charge in [0.1, 0.15) is 0 Å². The Labute approximate surface area is 116 Å². The maximum absolute atomic E-state index is 10.3. The molecule has 0 spiro atoms. The fourth-order valence-electron chi connectivity index (χ4n) is 4.49. The highest BCUT2D eigenvalue weighted by Crippen LogP contribution is 2.44. The van der Waals surface area contributed by atoms with Crippen molar-refractivity contribution in [2.45, 2.75) is 30.9 Å². The van der Waals surface area contributed by atoms with E-state index in [2.05, 4.69) is 21.7 Å². The molecule has 0 aromatic rings. The van der Waals surface area contributed by atoms with Gasteiger partial charge in [-0.15, -0.1) is 0 Å². The van der Waals surface area contributed by atoms with Gasteiger partial charge < -0.3 is 14.9 Å². The lowest BCUT2D eigenvalue weighted by Crippen LogP contribution is -2.64. The average Bonchev–Trinajstić information content (AvgIpc) is 3.04. The minimum Gasteiger partial charge on any atom is -0.387 e. The van der Waals surface area contributed by atoms with Crippen LogP contribution in [0.25, 0.3) is 0 Å². The quantitative estimate of drug-likeness (QED) is 0.780. The molecule has 0 radical (unpaired) electrons. The number of fused-ring (bicyclic) bond motifs is 1. The molecule has 0 bridgehead atoms. The van der Waals surface area contributed by atoms with Gasteiger partial charge in [-0.2, -0.15) is 0 Å². The molecule has 1 saturated carbocycles. The van der Waals surface area contributed by atoms with Crippen molar-refractivity contribution in [2.24, 2.45) is 11.8 Å². The van der Waals surface area contributed by atoms with Crippen molar-refractivity contribution >= 4 is 0 Å². The molecule has 4 nitrogen and oxygen atoms in total. The Bertz CT molecular complexity index is 351. The van der Waals surface area contributed by atoms with Gasteiger partial charge in [-0.05, 0) is 44.7 Å². The van der Waals surface area contributed by atoms with Crippen LogP contribution in [0.15, 0.2) is 0 Å². The van der Waals surface area contributed by atoms with Crippen LogP contribution in [0.3, 0.4) is 0 Å². The molecule has 0 amide bonds. The first kappa shape index (κ1) is 12.6. The fraction of sp³-hybridized carbons (Fsp3) is 1.00. The second-order valence-corrected chi connectivity index (χ2v) is 7.44. The third-order valence-corrected chi connectivity index (χ3v) is 5.97. The summed E-state index contributed by atoms with van der Waals surface area (Å²) in [4.78, 5) is 7.62. The third kappa shape index (κ3) is 2.23. The number of rotatable bonds is 4. The van der Waals surface area contributed by atoms with Gasteiger partial charge in [-0.25, -0.2) is 0 Å². The van der Waals surface area contributed by atoms with E-state index in [9.17, 15) is 5.11 Å². The zero-order valence-corrected chi connectivity index (χ0v) is 12.1. The van der Waals surface area contributed by atoms with Crippen LogP contribution in [-0.2, 0) is 0 Å². The number of likely N-dealkylation sites (tertiary alicyclic amines) is 3. The molecule has 3 aliphatic heterocycles. The van der Waals surface area contributed by atoms with E-state index in [4.69, 9.17) is 0 Å². The van der Waals surface area contributed by atoms with Gasteiger partial charge in [0.25, 0.3) is 0 Å². The predicted molar refractivity (Wildman–Crippen MR) is 75.1 cm³/mol. The second kappa shape index (κ2) is 4.42. The lowest BCUT2D eigenvalue weighted by atomic mass is 9.89. The zero-order valence-electron chi connectivity index (χ0n) is 12.1. The van der Waals surface area contributed by atoms with Crippen LogP contribution in [0, 0.1) is 11.8 Å². The lowest BCUT2D eigenvalue weighted by Gasteiger charge is -2.47. The highest BCUT2D eigenvalue weighted by molar-refractivity contribution is 5.05. The van der Waals surface area contributed by atoms with Gasteiger partial charge in [-0.3, -0.25) is 4.90 Å². The molecule has 4 fully saturated rings. The summed E-state index contributed by atoms with van der Waals surface area (Å²) in [6, 6.07) is 0.819. The molecule has 4 aliphatic rings. The molecule has 3 saturated heterocycles. The van der Waals surface area contributed by atoms with Gasteiger partial charge in [0, 0.05) is 45.3 Å². The summed E-state index contributed by atoms with van der Waals surface area (Å²) < 4.78 is 0. The van der Waals surface area contributed by atoms with Crippen molar-refractivity contribution in [3.05, 3.63) is 0 Å². The second-order valence-electron chi connectivity index (χ2n) is 7.44. The van der Waals surface area contributed by atoms with Crippen LogP contribution in [0.1, 0.15) is 19.3 Å². The predicted octanol–water partition coefficient (Wildman–Crippen LogP) is 0.0790. The number of aliphatic hydroxyl groups is 1. The van der Waals surface area contributed by atoms with Gasteiger partial charge >= 0.3 is 0 Å². The molecule has 3 heterocycles. The molecule has 0 aromatic heterocycles. The van der Waals surface area contributed by atoms with Crippen LogP contribution >= 0.6 is 0 Å². The Balaban J connectivity index is 1.20. The van der Waals surface area contributed by atoms with Crippen molar-refractivity contribution in [1.29, 1.82) is 0 Å².